The fourth-order valence-corrected chi connectivity index (χ4v) is 1.36. The summed E-state index contributed by atoms with van der Waals surface area (Å²) in [7, 11) is 0. The van der Waals surface area contributed by atoms with Gasteiger partial charge in [-0.15, -0.1) is 0 Å². The molecule has 0 aliphatic carbocycles. The maximum absolute atomic E-state index is 11.4. The number of carbonyl (C=O) groups is 1. The van der Waals surface area contributed by atoms with E-state index in [-0.39, 0.29) is 5.69 Å². The Hall–Kier alpha value is -1.95. The van der Waals surface area contributed by atoms with Gasteiger partial charge in [0, 0.05) is 4.47 Å². The molecule has 0 bridgehead atoms. The molecule has 5 nitrogen and oxygen atoms in total. The Labute approximate surface area is 106 Å². The van der Waals surface area contributed by atoms with Crippen molar-refractivity contribution in [3.63, 3.8) is 0 Å². The van der Waals surface area contributed by atoms with Gasteiger partial charge in [0.2, 0.25) is 0 Å². The number of oxazole rings is 1. The summed E-state index contributed by atoms with van der Waals surface area (Å²) in [6.45, 7) is 0. The summed E-state index contributed by atoms with van der Waals surface area (Å²) in [5, 5.41) is 3.81. The minimum atomic E-state index is -0.410. The van der Waals surface area contributed by atoms with Crippen molar-refractivity contribution < 1.29 is 9.21 Å². The Kier molecular flexibility index (Phi) is 3.66. The molecule has 0 saturated carbocycles. The Balaban J connectivity index is 1.94. The number of hydrogen-bond acceptors (Lipinski definition) is 4. The molecule has 0 saturated heterocycles. The van der Waals surface area contributed by atoms with Gasteiger partial charge in [-0.3, -0.25) is 4.79 Å². The molecule has 1 N–H and O–H groups in total. The molecule has 2 aromatic rings. The maximum Gasteiger partial charge on any atom is 0.293 e. The highest BCUT2D eigenvalue weighted by atomic mass is 79.9. The Bertz CT molecular complexity index is 520. The highest BCUT2D eigenvalue weighted by Gasteiger charge is 2.05. The van der Waals surface area contributed by atoms with E-state index in [4.69, 9.17) is 0 Å². The summed E-state index contributed by atoms with van der Waals surface area (Å²) in [5.41, 5.74) is 3.42. The van der Waals surface area contributed by atoms with E-state index in [0.29, 0.717) is 0 Å². The van der Waals surface area contributed by atoms with Crippen molar-refractivity contribution in [3.8, 4) is 0 Å². The van der Waals surface area contributed by atoms with E-state index in [0.717, 1.165) is 10.0 Å². The molecule has 0 atom stereocenters. The molecule has 6 heteroatoms. The van der Waals surface area contributed by atoms with Crippen LogP contribution >= 0.6 is 15.9 Å². The van der Waals surface area contributed by atoms with Gasteiger partial charge in [-0.2, -0.15) is 5.10 Å². The van der Waals surface area contributed by atoms with E-state index in [9.17, 15) is 4.79 Å². The van der Waals surface area contributed by atoms with E-state index in [1.54, 1.807) is 6.21 Å². The summed E-state index contributed by atoms with van der Waals surface area (Å²) in [5.74, 6) is -0.410. The van der Waals surface area contributed by atoms with Crippen molar-refractivity contribution in [1.29, 1.82) is 0 Å². The van der Waals surface area contributed by atoms with Crippen LogP contribution in [0.1, 0.15) is 16.1 Å². The second-order valence-corrected chi connectivity index (χ2v) is 4.04. The first kappa shape index (κ1) is 11.5. The van der Waals surface area contributed by atoms with E-state index < -0.39 is 5.91 Å². The number of rotatable bonds is 3. The molecule has 0 spiro atoms. The Morgan fingerprint density at radius 3 is 2.82 bits per heavy atom. The van der Waals surface area contributed by atoms with Crippen LogP contribution in [-0.4, -0.2) is 17.1 Å². The highest BCUT2D eigenvalue weighted by molar-refractivity contribution is 9.10. The number of amides is 1. The monoisotopic (exact) mass is 293 g/mol. The van der Waals surface area contributed by atoms with Crippen LogP contribution < -0.4 is 5.43 Å². The van der Waals surface area contributed by atoms with Gasteiger partial charge in [-0.05, 0) is 17.7 Å². The molecule has 0 aliphatic rings. The first-order valence-corrected chi connectivity index (χ1v) is 5.52. The Morgan fingerprint density at radius 2 is 2.18 bits per heavy atom. The normalized spacial score (nSPS) is 10.6. The summed E-state index contributed by atoms with van der Waals surface area (Å²) in [6.07, 6.45) is 3.99. The van der Waals surface area contributed by atoms with Crippen molar-refractivity contribution in [2.24, 2.45) is 5.10 Å². The van der Waals surface area contributed by atoms with Gasteiger partial charge < -0.3 is 4.42 Å². The third-order valence-electron chi connectivity index (χ3n) is 1.91. The van der Waals surface area contributed by atoms with Gasteiger partial charge in [0.1, 0.15) is 6.26 Å². The molecule has 2 rings (SSSR count). The molecule has 0 fully saturated rings. The minimum absolute atomic E-state index is 0.193. The highest BCUT2D eigenvalue weighted by Crippen LogP contribution is 2.08. The molecule has 0 aliphatic heterocycles. The van der Waals surface area contributed by atoms with Crippen molar-refractivity contribution in [2.45, 2.75) is 0 Å². The average molecular weight is 294 g/mol. The van der Waals surface area contributed by atoms with E-state index in [2.05, 4.69) is 35.9 Å². The lowest BCUT2D eigenvalue weighted by atomic mass is 10.2. The van der Waals surface area contributed by atoms with E-state index >= 15 is 0 Å². The van der Waals surface area contributed by atoms with Crippen molar-refractivity contribution in [3.05, 3.63) is 52.7 Å². The molecular weight excluding hydrogens is 286 g/mol. The zero-order chi connectivity index (χ0) is 12.1. The largest absolute Gasteiger partial charge is 0.451 e. The van der Waals surface area contributed by atoms with Gasteiger partial charge in [0.25, 0.3) is 5.91 Å². The first-order chi connectivity index (χ1) is 8.25. The van der Waals surface area contributed by atoms with Gasteiger partial charge in [-0.1, -0.05) is 28.1 Å². The fraction of sp³-hybridized carbons (Fsp3) is 0. The van der Waals surface area contributed by atoms with Crippen LogP contribution in [0.4, 0.5) is 0 Å². The number of benzene rings is 1. The number of halogens is 1. The van der Waals surface area contributed by atoms with Crippen LogP contribution in [0, 0.1) is 0 Å². The van der Waals surface area contributed by atoms with Crippen LogP contribution in [0.15, 0.2) is 50.9 Å². The van der Waals surface area contributed by atoms with Crippen LogP contribution in [0.5, 0.6) is 0 Å². The molecular formula is C11H8BrN3O2. The zero-order valence-corrected chi connectivity index (χ0v) is 10.2. The molecule has 1 amide bonds. The molecule has 17 heavy (non-hydrogen) atoms. The minimum Gasteiger partial charge on any atom is -0.451 e. The van der Waals surface area contributed by atoms with Gasteiger partial charge in [-0.25, -0.2) is 10.4 Å². The summed E-state index contributed by atoms with van der Waals surface area (Å²) >= 11 is 3.33. The summed E-state index contributed by atoms with van der Waals surface area (Å²) in [6, 6.07) is 7.52. The predicted octanol–water partition coefficient (Wildman–Crippen LogP) is 2.20. The molecule has 1 heterocycles. The third-order valence-corrected chi connectivity index (χ3v) is 2.44. The van der Waals surface area contributed by atoms with Crippen molar-refractivity contribution in [2.75, 3.05) is 0 Å². The zero-order valence-electron chi connectivity index (χ0n) is 8.63. The topological polar surface area (TPSA) is 67.5 Å². The van der Waals surface area contributed by atoms with E-state index in [1.165, 1.54) is 12.7 Å². The number of aromatic nitrogens is 1. The van der Waals surface area contributed by atoms with Crippen molar-refractivity contribution >= 4 is 28.1 Å². The van der Waals surface area contributed by atoms with Crippen LogP contribution in [-0.2, 0) is 0 Å². The quantitative estimate of drug-likeness (QED) is 0.697. The summed E-state index contributed by atoms with van der Waals surface area (Å²) in [4.78, 5) is 15.1. The predicted molar refractivity (Wildman–Crippen MR) is 65.7 cm³/mol. The maximum atomic E-state index is 11.4. The molecule has 0 unspecified atom stereocenters. The van der Waals surface area contributed by atoms with Crippen LogP contribution in [0.3, 0.4) is 0 Å². The number of hydrogen-bond donors (Lipinski definition) is 1. The molecule has 1 aromatic carbocycles. The lowest BCUT2D eigenvalue weighted by Crippen LogP contribution is -2.17. The SMILES string of the molecule is O=C(N/N=C/c1ccc(Br)cc1)c1cocn1. The summed E-state index contributed by atoms with van der Waals surface area (Å²) < 4.78 is 5.67. The number of nitrogens with one attached hydrogen (secondary N) is 1. The number of nitrogens with zero attached hydrogens (tertiary/aromatic N) is 2. The average Bonchev–Trinajstić information content (AvgIpc) is 2.85. The van der Waals surface area contributed by atoms with Crippen molar-refractivity contribution in [1.82, 2.24) is 10.4 Å². The first-order valence-electron chi connectivity index (χ1n) is 4.73. The van der Waals surface area contributed by atoms with Gasteiger partial charge in [0.05, 0.1) is 6.21 Å². The third kappa shape index (κ3) is 3.25. The van der Waals surface area contributed by atoms with Crippen LogP contribution in [0.2, 0.25) is 0 Å². The smallest absolute Gasteiger partial charge is 0.293 e. The molecule has 86 valence electrons. The number of carbonyl (C=O) groups excluding carboxylic acids is 1. The van der Waals surface area contributed by atoms with Gasteiger partial charge >= 0.3 is 0 Å². The standard InChI is InChI=1S/C11H8BrN3O2/c12-9-3-1-8(2-4-9)5-14-15-11(16)10-6-17-7-13-10/h1-7H,(H,15,16)/b14-5+. The molecule has 0 radical (unpaired) electrons. The van der Waals surface area contributed by atoms with Crippen LogP contribution in [0.25, 0.3) is 0 Å². The van der Waals surface area contributed by atoms with Gasteiger partial charge in [0.15, 0.2) is 12.1 Å². The lowest BCUT2D eigenvalue weighted by Gasteiger charge is -1.95. The Morgan fingerprint density at radius 1 is 1.41 bits per heavy atom. The number of hydrazone groups is 1. The lowest BCUT2D eigenvalue weighted by molar-refractivity contribution is 0.0950. The second-order valence-electron chi connectivity index (χ2n) is 3.12. The fourth-order valence-electron chi connectivity index (χ4n) is 1.10. The van der Waals surface area contributed by atoms with E-state index in [1.807, 2.05) is 24.3 Å². The second kappa shape index (κ2) is 5.40. The molecule has 1 aromatic heterocycles.